The van der Waals surface area contributed by atoms with Crippen molar-refractivity contribution in [2.24, 2.45) is 0 Å². The first-order chi connectivity index (χ1) is 17.1. The lowest BCUT2D eigenvalue weighted by molar-refractivity contribution is 0.666. The van der Waals surface area contributed by atoms with E-state index in [1.54, 1.807) is 11.8 Å². The number of nitrogens with zero attached hydrogens (tertiary/aromatic N) is 3. The third-order valence-electron chi connectivity index (χ3n) is 7.59. The zero-order chi connectivity index (χ0) is 23.3. The Labute approximate surface area is 207 Å². The van der Waals surface area contributed by atoms with Gasteiger partial charge in [-0.05, 0) is 35.4 Å². The fourth-order valence-electron chi connectivity index (χ4n) is 6.09. The Hall–Kier alpha value is -3.89. The SMILES string of the molecule is CC1(C)c2ccccc2-c2c1c1ccccc1n2-c1nc2c3c(cccc3n1)Sc1ccccc1-2. The Morgan fingerprint density at radius 3 is 2.37 bits per heavy atom. The van der Waals surface area contributed by atoms with Crippen molar-refractivity contribution in [3.05, 3.63) is 102 Å². The number of benzene rings is 4. The van der Waals surface area contributed by atoms with Crippen LogP contribution in [0.15, 0.2) is 101 Å². The molecule has 2 aromatic heterocycles. The van der Waals surface area contributed by atoms with E-state index in [2.05, 4.69) is 109 Å². The molecule has 0 fully saturated rings. The van der Waals surface area contributed by atoms with Crippen LogP contribution in [0.5, 0.6) is 0 Å². The third-order valence-corrected chi connectivity index (χ3v) is 8.73. The highest BCUT2D eigenvalue weighted by molar-refractivity contribution is 7.99. The summed E-state index contributed by atoms with van der Waals surface area (Å²) in [5.74, 6) is 0.733. The molecule has 0 N–H and O–H groups in total. The number of para-hydroxylation sites is 1. The van der Waals surface area contributed by atoms with Crippen LogP contribution in [0.2, 0.25) is 0 Å². The Morgan fingerprint density at radius 2 is 1.46 bits per heavy atom. The fraction of sp³-hybridized carbons (Fsp3) is 0.0968. The first-order valence-electron chi connectivity index (χ1n) is 11.9. The molecule has 6 aromatic rings. The molecule has 35 heavy (non-hydrogen) atoms. The summed E-state index contributed by atoms with van der Waals surface area (Å²) in [6.07, 6.45) is 0. The molecule has 1 aliphatic carbocycles. The minimum atomic E-state index is -0.0989. The molecule has 0 unspecified atom stereocenters. The van der Waals surface area contributed by atoms with Crippen LogP contribution in [0.4, 0.5) is 0 Å². The average Bonchev–Trinajstić information content (AvgIpc) is 3.35. The zero-order valence-corrected chi connectivity index (χ0v) is 20.2. The predicted octanol–water partition coefficient (Wildman–Crippen LogP) is 8.01. The Balaban J connectivity index is 1.53. The highest BCUT2D eigenvalue weighted by atomic mass is 32.2. The highest BCUT2D eigenvalue weighted by Crippen LogP contribution is 2.54. The number of hydrogen-bond acceptors (Lipinski definition) is 3. The number of aromatic nitrogens is 3. The van der Waals surface area contributed by atoms with Gasteiger partial charge in [0.1, 0.15) is 0 Å². The van der Waals surface area contributed by atoms with Crippen LogP contribution < -0.4 is 0 Å². The van der Waals surface area contributed by atoms with E-state index >= 15 is 0 Å². The summed E-state index contributed by atoms with van der Waals surface area (Å²) in [5, 5.41) is 2.42. The van der Waals surface area contributed by atoms with Gasteiger partial charge in [0.2, 0.25) is 5.95 Å². The molecule has 0 atom stereocenters. The van der Waals surface area contributed by atoms with Gasteiger partial charge in [-0.1, -0.05) is 92.3 Å². The molecule has 1 aliphatic heterocycles. The first kappa shape index (κ1) is 19.4. The summed E-state index contributed by atoms with van der Waals surface area (Å²) in [5.41, 5.74) is 9.44. The first-order valence-corrected chi connectivity index (χ1v) is 12.8. The van der Waals surface area contributed by atoms with Gasteiger partial charge in [-0.15, -0.1) is 0 Å². The summed E-state index contributed by atoms with van der Waals surface area (Å²) < 4.78 is 2.30. The minimum Gasteiger partial charge on any atom is -0.278 e. The smallest absolute Gasteiger partial charge is 0.235 e. The molecule has 0 amide bonds. The van der Waals surface area contributed by atoms with E-state index in [0.29, 0.717) is 0 Å². The van der Waals surface area contributed by atoms with Gasteiger partial charge in [-0.25, -0.2) is 9.97 Å². The highest BCUT2D eigenvalue weighted by Gasteiger charge is 2.40. The Bertz CT molecular complexity index is 1860. The maximum Gasteiger partial charge on any atom is 0.235 e. The van der Waals surface area contributed by atoms with E-state index < -0.39 is 0 Å². The van der Waals surface area contributed by atoms with Crippen molar-refractivity contribution in [1.82, 2.24) is 14.5 Å². The minimum absolute atomic E-state index is 0.0989. The lowest BCUT2D eigenvalue weighted by Gasteiger charge is -2.21. The van der Waals surface area contributed by atoms with Gasteiger partial charge in [0, 0.05) is 37.1 Å². The van der Waals surface area contributed by atoms with Crippen molar-refractivity contribution in [2.45, 2.75) is 29.1 Å². The van der Waals surface area contributed by atoms with Gasteiger partial charge in [0.05, 0.1) is 22.4 Å². The second kappa shape index (κ2) is 6.61. The quantitative estimate of drug-likeness (QED) is 0.245. The third kappa shape index (κ3) is 2.42. The van der Waals surface area contributed by atoms with Crippen LogP contribution in [0.1, 0.15) is 25.0 Å². The van der Waals surface area contributed by atoms with Crippen LogP contribution in [-0.4, -0.2) is 14.5 Å². The van der Waals surface area contributed by atoms with Crippen LogP contribution in [-0.2, 0) is 5.41 Å². The van der Waals surface area contributed by atoms with E-state index in [-0.39, 0.29) is 5.41 Å². The largest absolute Gasteiger partial charge is 0.278 e. The Kier molecular flexibility index (Phi) is 3.67. The van der Waals surface area contributed by atoms with Crippen molar-refractivity contribution >= 4 is 33.6 Å². The van der Waals surface area contributed by atoms with E-state index in [1.165, 1.54) is 43.1 Å². The van der Waals surface area contributed by atoms with E-state index in [1.807, 2.05) is 0 Å². The molecular formula is C31H21N3S. The summed E-state index contributed by atoms with van der Waals surface area (Å²) in [7, 11) is 0. The molecule has 4 heteroatoms. The molecule has 2 aliphatic rings. The van der Waals surface area contributed by atoms with E-state index in [0.717, 1.165) is 28.1 Å². The van der Waals surface area contributed by atoms with Crippen molar-refractivity contribution in [3.8, 4) is 28.5 Å². The fourth-order valence-corrected chi connectivity index (χ4v) is 7.20. The molecule has 3 nitrogen and oxygen atoms in total. The van der Waals surface area contributed by atoms with E-state index in [4.69, 9.17) is 9.97 Å². The van der Waals surface area contributed by atoms with Crippen molar-refractivity contribution in [3.63, 3.8) is 0 Å². The second-order valence-electron chi connectivity index (χ2n) is 9.87. The van der Waals surface area contributed by atoms with Gasteiger partial charge >= 0.3 is 0 Å². The Morgan fingerprint density at radius 1 is 0.714 bits per heavy atom. The summed E-state index contributed by atoms with van der Waals surface area (Å²) in [4.78, 5) is 12.9. The monoisotopic (exact) mass is 467 g/mol. The molecule has 0 saturated heterocycles. The second-order valence-corrected chi connectivity index (χ2v) is 11.0. The molecule has 166 valence electrons. The van der Waals surface area contributed by atoms with Crippen LogP contribution in [0.25, 0.3) is 50.3 Å². The van der Waals surface area contributed by atoms with Gasteiger partial charge in [0.15, 0.2) is 0 Å². The normalized spacial score (nSPS) is 14.7. The molecule has 4 aromatic carbocycles. The van der Waals surface area contributed by atoms with E-state index in [9.17, 15) is 0 Å². The van der Waals surface area contributed by atoms with Crippen LogP contribution in [0.3, 0.4) is 0 Å². The predicted molar refractivity (Wildman–Crippen MR) is 143 cm³/mol. The van der Waals surface area contributed by atoms with Crippen molar-refractivity contribution < 1.29 is 0 Å². The van der Waals surface area contributed by atoms with Gasteiger partial charge in [-0.3, -0.25) is 4.57 Å². The number of hydrogen-bond donors (Lipinski definition) is 0. The molecule has 3 heterocycles. The lowest BCUT2D eigenvalue weighted by Crippen LogP contribution is -2.14. The van der Waals surface area contributed by atoms with Gasteiger partial charge < -0.3 is 0 Å². The zero-order valence-electron chi connectivity index (χ0n) is 19.4. The molecule has 0 radical (unpaired) electrons. The van der Waals surface area contributed by atoms with Crippen molar-refractivity contribution in [2.75, 3.05) is 0 Å². The van der Waals surface area contributed by atoms with Gasteiger partial charge in [-0.2, -0.15) is 0 Å². The molecule has 8 rings (SSSR count). The van der Waals surface area contributed by atoms with Crippen molar-refractivity contribution in [1.29, 1.82) is 0 Å². The van der Waals surface area contributed by atoms with Crippen LogP contribution >= 0.6 is 11.8 Å². The molecule has 0 saturated carbocycles. The summed E-state index contributed by atoms with van der Waals surface area (Å²) >= 11 is 1.80. The van der Waals surface area contributed by atoms with Crippen LogP contribution in [0, 0.1) is 0 Å². The maximum absolute atomic E-state index is 5.30. The summed E-state index contributed by atoms with van der Waals surface area (Å²) in [6, 6.07) is 32.4. The summed E-state index contributed by atoms with van der Waals surface area (Å²) in [6.45, 7) is 4.67. The number of fused-ring (bicyclic) bond motifs is 7. The lowest BCUT2D eigenvalue weighted by atomic mass is 9.81. The maximum atomic E-state index is 5.30. The van der Waals surface area contributed by atoms with Gasteiger partial charge in [0.25, 0.3) is 0 Å². The average molecular weight is 468 g/mol. The topological polar surface area (TPSA) is 30.7 Å². The molecule has 0 spiro atoms. The molecular weight excluding hydrogens is 446 g/mol. The standard InChI is InChI=1S/C31H21N3S/c1-31(2)21-13-6-3-10-18(21)29-27(31)19-11-4-7-15-23(19)34(29)30-32-22-14-9-17-25-26(22)28(33-30)20-12-5-8-16-24(20)35-25/h3-17H,1-2H3. The molecule has 0 bridgehead atoms. The number of rotatable bonds is 1.